The van der Waals surface area contributed by atoms with Crippen molar-refractivity contribution in [3.05, 3.63) is 11.4 Å². The lowest BCUT2D eigenvalue weighted by Gasteiger charge is -2.05. The van der Waals surface area contributed by atoms with Crippen LogP contribution in [0.15, 0.2) is 4.90 Å². The Morgan fingerprint density at radius 2 is 1.90 bits per heavy atom. The predicted octanol–water partition coefficient (Wildman–Crippen LogP) is -1.22. The number of nitrogens with one attached hydrogen (secondary N) is 2. The topological polar surface area (TPSA) is 152 Å². The molecule has 11 heteroatoms. The van der Waals surface area contributed by atoms with Gasteiger partial charge in [0.15, 0.2) is 15.5 Å². The number of primary sulfonamides is 1. The molecule has 0 aliphatic rings. The largest absolute Gasteiger partial charge is 0.350 e. The van der Waals surface area contributed by atoms with E-state index in [4.69, 9.17) is 5.14 Å². The van der Waals surface area contributed by atoms with Crippen LogP contribution in [0.4, 0.5) is 0 Å². The molecule has 0 aromatic carbocycles. The minimum atomic E-state index is -4.11. The molecule has 1 heterocycles. The maximum atomic E-state index is 11.9. The Morgan fingerprint density at radius 3 is 2.38 bits per heavy atom. The number of amides is 1. The second-order valence-electron chi connectivity index (χ2n) is 4.27. The van der Waals surface area contributed by atoms with Crippen molar-refractivity contribution in [1.82, 2.24) is 15.5 Å². The summed E-state index contributed by atoms with van der Waals surface area (Å²) in [6.07, 6.45) is 0.302. The summed E-state index contributed by atoms with van der Waals surface area (Å²) in [6.45, 7) is 3.04. The number of carbonyl (C=O) groups excluding carboxylic acids is 1. The van der Waals surface area contributed by atoms with E-state index in [2.05, 4.69) is 15.5 Å². The monoisotopic (exact) mass is 338 g/mol. The van der Waals surface area contributed by atoms with Crippen molar-refractivity contribution in [1.29, 1.82) is 0 Å². The molecule has 1 rings (SSSR count). The summed E-state index contributed by atoms with van der Waals surface area (Å²) in [5.74, 6) is -1.06. The number of aromatic amines is 1. The van der Waals surface area contributed by atoms with E-state index >= 15 is 0 Å². The lowest BCUT2D eigenvalue weighted by molar-refractivity contribution is 0.0948. The van der Waals surface area contributed by atoms with Crippen molar-refractivity contribution in [3.8, 4) is 0 Å². The van der Waals surface area contributed by atoms with Crippen molar-refractivity contribution < 1.29 is 21.6 Å². The van der Waals surface area contributed by atoms with E-state index in [9.17, 15) is 21.6 Å². The molecule has 0 atom stereocenters. The summed E-state index contributed by atoms with van der Waals surface area (Å²) in [6, 6.07) is 0. The number of nitrogens with two attached hydrogens (primary N) is 1. The zero-order valence-electron chi connectivity index (χ0n) is 11.7. The van der Waals surface area contributed by atoms with Gasteiger partial charge in [-0.1, -0.05) is 13.8 Å². The van der Waals surface area contributed by atoms with Crippen molar-refractivity contribution in [2.75, 3.05) is 18.1 Å². The van der Waals surface area contributed by atoms with E-state index < -0.39 is 25.8 Å². The Balaban J connectivity index is 2.92. The minimum absolute atomic E-state index is 0.0340. The SMILES string of the molecule is CCc1[nH]nc(C(=O)NCCS(=O)(=O)CC)c1S(N)(=O)=O. The van der Waals surface area contributed by atoms with E-state index in [0.29, 0.717) is 6.42 Å². The zero-order chi connectivity index (χ0) is 16.3. The van der Waals surface area contributed by atoms with Crippen LogP contribution in [0, 0.1) is 0 Å². The molecular formula is C10H18N4O5S2. The minimum Gasteiger partial charge on any atom is -0.350 e. The highest BCUT2D eigenvalue weighted by Crippen LogP contribution is 2.17. The first kappa shape index (κ1) is 17.6. The molecule has 4 N–H and O–H groups in total. The molecule has 0 radical (unpaired) electrons. The van der Waals surface area contributed by atoms with Gasteiger partial charge in [-0.05, 0) is 6.42 Å². The zero-order valence-corrected chi connectivity index (χ0v) is 13.3. The highest BCUT2D eigenvalue weighted by Gasteiger charge is 2.26. The molecule has 1 amide bonds. The third-order valence-corrected chi connectivity index (χ3v) is 5.50. The molecule has 0 saturated heterocycles. The average molecular weight is 338 g/mol. The Hall–Kier alpha value is -1.46. The Labute approximate surface area is 123 Å². The van der Waals surface area contributed by atoms with Crippen LogP contribution in [0.2, 0.25) is 0 Å². The second kappa shape index (κ2) is 6.54. The fraction of sp³-hybridized carbons (Fsp3) is 0.600. The molecule has 0 aliphatic heterocycles. The number of sulfone groups is 1. The number of aromatic nitrogens is 2. The molecule has 120 valence electrons. The van der Waals surface area contributed by atoms with Crippen LogP contribution in [0.25, 0.3) is 0 Å². The van der Waals surface area contributed by atoms with Gasteiger partial charge in [-0.2, -0.15) is 5.10 Å². The predicted molar refractivity (Wildman–Crippen MR) is 76.0 cm³/mol. The number of hydrogen-bond donors (Lipinski definition) is 3. The molecule has 0 unspecified atom stereocenters. The van der Waals surface area contributed by atoms with Gasteiger partial charge in [0.2, 0.25) is 10.0 Å². The summed E-state index contributed by atoms with van der Waals surface area (Å²) >= 11 is 0. The number of H-pyrrole nitrogens is 1. The van der Waals surface area contributed by atoms with Crippen LogP contribution in [-0.2, 0) is 26.3 Å². The smallest absolute Gasteiger partial charge is 0.273 e. The summed E-state index contributed by atoms with van der Waals surface area (Å²) in [5, 5.41) is 13.5. The number of aryl methyl sites for hydroxylation is 1. The number of sulfonamides is 1. The first-order valence-electron chi connectivity index (χ1n) is 6.21. The van der Waals surface area contributed by atoms with Crippen molar-refractivity contribution in [2.24, 2.45) is 5.14 Å². The van der Waals surface area contributed by atoms with Crippen LogP contribution in [0.3, 0.4) is 0 Å². The highest BCUT2D eigenvalue weighted by molar-refractivity contribution is 7.91. The van der Waals surface area contributed by atoms with Gasteiger partial charge in [0.05, 0.1) is 11.4 Å². The third-order valence-electron chi connectivity index (χ3n) is 2.78. The van der Waals surface area contributed by atoms with E-state index in [1.165, 1.54) is 6.92 Å². The molecule has 0 spiro atoms. The lowest BCUT2D eigenvalue weighted by Crippen LogP contribution is -2.31. The first-order valence-corrected chi connectivity index (χ1v) is 9.57. The number of rotatable bonds is 7. The molecular weight excluding hydrogens is 320 g/mol. The summed E-state index contributed by atoms with van der Waals surface area (Å²) in [4.78, 5) is 11.5. The summed E-state index contributed by atoms with van der Waals surface area (Å²) in [7, 11) is -7.33. The molecule has 0 bridgehead atoms. The van der Waals surface area contributed by atoms with E-state index in [1.54, 1.807) is 6.92 Å². The van der Waals surface area contributed by atoms with Crippen LogP contribution in [0.1, 0.15) is 30.0 Å². The van der Waals surface area contributed by atoms with Crippen LogP contribution < -0.4 is 10.5 Å². The number of carbonyl (C=O) groups is 1. The Kier molecular flexibility index (Phi) is 5.48. The lowest BCUT2D eigenvalue weighted by atomic mass is 10.3. The maximum absolute atomic E-state index is 11.9. The molecule has 0 fully saturated rings. The summed E-state index contributed by atoms with van der Waals surface area (Å²) < 4.78 is 45.7. The molecule has 9 nitrogen and oxygen atoms in total. The van der Waals surface area contributed by atoms with Gasteiger partial charge in [0, 0.05) is 12.3 Å². The van der Waals surface area contributed by atoms with Crippen LogP contribution >= 0.6 is 0 Å². The van der Waals surface area contributed by atoms with E-state index in [0.717, 1.165) is 0 Å². The molecule has 1 aromatic heterocycles. The fourth-order valence-electron chi connectivity index (χ4n) is 1.62. The Morgan fingerprint density at radius 1 is 1.29 bits per heavy atom. The standard InChI is InChI=1S/C10H18N4O5S2/c1-3-7-9(21(11,18)19)8(14-13-7)10(15)12-5-6-20(16,17)4-2/h3-6H2,1-2H3,(H,12,15)(H,13,14)(H2,11,18,19). The van der Waals surface area contributed by atoms with Gasteiger partial charge in [-0.15, -0.1) is 0 Å². The van der Waals surface area contributed by atoms with Gasteiger partial charge in [-0.25, -0.2) is 22.0 Å². The van der Waals surface area contributed by atoms with Crippen LogP contribution in [0.5, 0.6) is 0 Å². The van der Waals surface area contributed by atoms with Gasteiger partial charge in [0.1, 0.15) is 4.90 Å². The molecule has 0 aliphatic carbocycles. The van der Waals surface area contributed by atoms with Crippen molar-refractivity contribution in [2.45, 2.75) is 25.2 Å². The fourth-order valence-corrected chi connectivity index (χ4v) is 3.26. The second-order valence-corrected chi connectivity index (χ2v) is 8.24. The average Bonchev–Trinajstić information content (AvgIpc) is 2.82. The van der Waals surface area contributed by atoms with Gasteiger partial charge < -0.3 is 5.32 Å². The molecule has 1 aromatic rings. The highest BCUT2D eigenvalue weighted by atomic mass is 32.2. The van der Waals surface area contributed by atoms with Gasteiger partial charge in [0.25, 0.3) is 5.91 Å². The van der Waals surface area contributed by atoms with E-state index in [1.807, 2.05) is 0 Å². The normalized spacial score (nSPS) is 12.3. The van der Waals surface area contributed by atoms with Gasteiger partial charge >= 0.3 is 0 Å². The third kappa shape index (κ3) is 4.51. The number of nitrogens with zero attached hydrogens (tertiary/aromatic N) is 1. The Bertz CT molecular complexity index is 721. The summed E-state index contributed by atoms with van der Waals surface area (Å²) in [5.41, 5.74) is -0.132. The maximum Gasteiger partial charge on any atom is 0.273 e. The first-order chi connectivity index (χ1) is 9.62. The number of hydrogen-bond acceptors (Lipinski definition) is 6. The van der Waals surface area contributed by atoms with Crippen molar-refractivity contribution in [3.63, 3.8) is 0 Å². The van der Waals surface area contributed by atoms with E-state index in [-0.39, 0.29) is 34.3 Å². The van der Waals surface area contributed by atoms with Crippen molar-refractivity contribution >= 4 is 25.8 Å². The van der Waals surface area contributed by atoms with Gasteiger partial charge in [-0.3, -0.25) is 9.89 Å². The van der Waals surface area contributed by atoms with Crippen LogP contribution in [-0.4, -0.2) is 51.0 Å². The quantitative estimate of drug-likeness (QED) is 0.567. The molecule has 0 saturated carbocycles. The molecule has 21 heavy (non-hydrogen) atoms.